The Balaban J connectivity index is 1.41. The Hall–Kier alpha value is -2.47. The third-order valence-corrected chi connectivity index (χ3v) is 6.11. The zero-order valence-corrected chi connectivity index (χ0v) is 16.5. The van der Waals surface area contributed by atoms with Gasteiger partial charge in [-0.15, -0.1) is 0 Å². The molecule has 1 aromatic heterocycles. The number of carbonyl (C=O) groups excluding carboxylic acids is 1. The Bertz CT molecular complexity index is 776. The molecule has 0 bridgehead atoms. The van der Waals surface area contributed by atoms with Gasteiger partial charge in [0.05, 0.1) is 24.8 Å². The minimum Gasteiger partial charge on any atom is -0.495 e. The van der Waals surface area contributed by atoms with Gasteiger partial charge in [0.1, 0.15) is 5.75 Å². The van der Waals surface area contributed by atoms with Crippen molar-refractivity contribution in [1.82, 2.24) is 9.47 Å². The molecule has 2 aromatic rings. The largest absolute Gasteiger partial charge is 0.495 e. The van der Waals surface area contributed by atoms with E-state index in [1.165, 1.54) is 0 Å². The third kappa shape index (κ3) is 3.74. The predicted molar refractivity (Wildman–Crippen MR) is 109 cm³/mol. The van der Waals surface area contributed by atoms with E-state index in [0.29, 0.717) is 19.6 Å². The summed E-state index contributed by atoms with van der Waals surface area (Å²) in [7, 11) is 1.70. The van der Waals surface area contributed by atoms with Crippen LogP contribution in [0.3, 0.4) is 0 Å². The average Bonchev–Trinajstić information content (AvgIpc) is 3.30. The summed E-state index contributed by atoms with van der Waals surface area (Å²) in [6, 6.07) is 12.2. The van der Waals surface area contributed by atoms with E-state index < -0.39 is 0 Å². The highest BCUT2D eigenvalue weighted by atomic mass is 16.5. The van der Waals surface area contributed by atoms with Crippen LogP contribution in [0.2, 0.25) is 0 Å². The van der Waals surface area contributed by atoms with E-state index in [0.717, 1.165) is 50.5 Å². The second-order valence-corrected chi connectivity index (χ2v) is 7.64. The van der Waals surface area contributed by atoms with Crippen LogP contribution in [-0.2, 0) is 15.1 Å². The zero-order chi connectivity index (χ0) is 19.4. The van der Waals surface area contributed by atoms with E-state index in [2.05, 4.69) is 27.9 Å². The van der Waals surface area contributed by atoms with Crippen LogP contribution in [0.25, 0.3) is 0 Å². The number of carbonyl (C=O) groups is 1. The normalized spacial score (nSPS) is 19.5. The van der Waals surface area contributed by atoms with E-state index in [1.54, 1.807) is 7.11 Å². The van der Waals surface area contributed by atoms with E-state index in [4.69, 9.17) is 9.47 Å². The van der Waals surface area contributed by atoms with Crippen LogP contribution in [0.15, 0.2) is 48.8 Å². The summed E-state index contributed by atoms with van der Waals surface area (Å²) in [5, 5.41) is 0. The van der Waals surface area contributed by atoms with Gasteiger partial charge in [-0.1, -0.05) is 12.1 Å². The van der Waals surface area contributed by atoms with Gasteiger partial charge in [-0.3, -0.25) is 4.79 Å². The number of benzene rings is 1. The fourth-order valence-electron chi connectivity index (χ4n) is 4.41. The minimum atomic E-state index is -0.154. The molecule has 6 heteroatoms. The van der Waals surface area contributed by atoms with E-state index >= 15 is 0 Å². The first-order valence-corrected chi connectivity index (χ1v) is 10.1. The number of rotatable bonds is 5. The van der Waals surface area contributed by atoms with Crippen molar-refractivity contribution < 1.29 is 14.3 Å². The molecule has 0 radical (unpaired) electrons. The predicted octanol–water partition coefficient (Wildman–Crippen LogP) is 2.74. The topological polar surface area (TPSA) is 46.9 Å². The molecule has 4 rings (SSSR count). The van der Waals surface area contributed by atoms with Crippen LogP contribution in [0.4, 0.5) is 5.69 Å². The van der Waals surface area contributed by atoms with Crippen molar-refractivity contribution in [2.24, 2.45) is 0 Å². The second-order valence-electron chi connectivity index (χ2n) is 7.64. The monoisotopic (exact) mass is 383 g/mol. The molecular weight excluding hydrogens is 354 g/mol. The van der Waals surface area contributed by atoms with Crippen LogP contribution >= 0.6 is 0 Å². The lowest BCUT2D eigenvalue weighted by molar-refractivity contribution is -0.135. The molecule has 0 spiro atoms. The molecule has 1 aromatic carbocycles. The Morgan fingerprint density at radius 3 is 2.39 bits per heavy atom. The van der Waals surface area contributed by atoms with Crippen LogP contribution in [0.5, 0.6) is 5.75 Å². The highest BCUT2D eigenvalue weighted by Crippen LogP contribution is 2.34. The molecule has 150 valence electrons. The summed E-state index contributed by atoms with van der Waals surface area (Å²) < 4.78 is 13.3. The first-order valence-electron chi connectivity index (χ1n) is 10.1. The van der Waals surface area contributed by atoms with Gasteiger partial charge < -0.3 is 23.8 Å². The quantitative estimate of drug-likeness (QED) is 0.797. The van der Waals surface area contributed by atoms with Gasteiger partial charge in [-0.2, -0.15) is 0 Å². The first-order chi connectivity index (χ1) is 13.7. The maximum absolute atomic E-state index is 13.2. The van der Waals surface area contributed by atoms with Crippen molar-refractivity contribution >= 4 is 11.6 Å². The maximum Gasteiger partial charge on any atom is 0.225 e. The Kier molecular flexibility index (Phi) is 5.57. The molecule has 0 unspecified atom stereocenters. The first kappa shape index (κ1) is 18.9. The SMILES string of the molecule is COc1ccccc1N1CCN(C(=O)CC2(n3cccc3)CCOCC2)CC1. The molecule has 2 aliphatic rings. The van der Waals surface area contributed by atoms with Gasteiger partial charge in [0.15, 0.2) is 0 Å². The molecule has 28 heavy (non-hydrogen) atoms. The molecule has 2 fully saturated rings. The summed E-state index contributed by atoms with van der Waals surface area (Å²) in [5.41, 5.74) is 0.948. The van der Waals surface area contributed by atoms with Crippen LogP contribution in [0.1, 0.15) is 19.3 Å². The van der Waals surface area contributed by atoms with Crippen LogP contribution < -0.4 is 9.64 Å². The number of aromatic nitrogens is 1. The molecular formula is C22H29N3O3. The summed E-state index contributed by atoms with van der Waals surface area (Å²) in [6.07, 6.45) is 6.47. The number of amides is 1. The summed E-state index contributed by atoms with van der Waals surface area (Å²) in [4.78, 5) is 17.5. The van der Waals surface area contributed by atoms with Crippen molar-refractivity contribution in [3.05, 3.63) is 48.8 Å². The number of para-hydroxylation sites is 2. The second kappa shape index (κ2) is 8.27. The number of nitrogens with zero attached hydrogens (tertiary/aromatic N) is 3. The van der Waals surface area contributed by atoms with Crippen LogP contribution in [-0.4, -0.2) is 61.9 Å². The van der Waals surface area contributed by atoms with Gasteiger partial charge in [-0.25, -0.2) is 0 Å². The van der Waals surface area contributed by atoms with Gasteiger partial charge in [-0.05, 0) is 37.1 Å². The molecule has 3 heterocycles. The number of anilines is 1. The fraction of sp³-hybridized carbons (Fsp3) is 0.500. The van der Waals surface area contributed by atoms with Gasteiger partial charge in [0.2, 0.25) is 5.91 Å². The van der Waals surface area contributed by atoms with Crippen molar-refractivity contribution in [2.75, 3.05) is 51.4 Å². The number of methoxy groups -OCH3 is 1. The zero-order valence-electron chi connectivity index (χ0n) is 16.5. The lowest BCUT2D eigenvalue weighted by Crippen LogP contribution is -2.51. The van der Waals surface area contributed by atoms with Crippen molar-refractivity contribution in [1.29, 1.82) is 0 Å². The maximum atomic E-state index is 13.2. The Morgan fingerprint density at radius 1 is 1.04 bits per heavy atom. The van der Waals surface area contributed by atoms with Gasteiger partial charge in [0.25, 0.3) is 0 Å². The van der Waals surface area contributed by atoms with E-state index in [1.807, 2.05) is 35.2 Å². The van der Waals surface area contributed by atoms with Crippen LogP contribution in [0, 0.1) is 0 Å². The molecule has 0 aliphatic carbocycles. The third-order valence-electron chi connectivity index (χ3n) is 6.11. The van der Waals surface area contributed by atoms with E-state index in [9.17, 15) is 4.79 Å². The average molecular weight is 383 g/mol. The van der Waals surface area contributed by atoms with Gasteiger partial charge >= 0.3 is 0 Å². The van der Waals surface area contributed by atoms with Crippen molar-refractivity contribution in [2.45, 2.75) is 24.8 Å². The molecule has 2 saturated heterocycles. The minimum absolute atomic E-state index is 0.154. The number of piperazine rings is 1. The number of hydrogen-bond acceptors (Lipinski definition) is 4. The number of hydrogen-bond donors (Lipinski definition) is 0. The molecule has 0 saturated carbocycles. The van der Waals surface area contributed by atoms with Gasteiger partial charge in [0, 0.05) is 51.8 Å². The lowest BCUT2D eigenvalue weighted by atomic mass is 9.85. The molecule has 2 aliphatic heterocycles. The smallest absolute Gasteiger partial charge is 0.225 e. The Morgan fingerprint density at radius 2 is 1.71 bits per heavy atom. The Labute approximate surface area is 166 Å². The van der Waals surface area contributed by atoms with Crippen molar-refractivity contribution in [3.63, 3.8) is 0 Å². The summed E-state index contributed by atoms with van der Waals surface area (Å²) >= 11 is 0. The number of ether oxygens (including phenoxy) is 2. The fourth-order valence-corrected chi connectivity index (χ4v) is 4.41. The highest BCUT2D eigenvalue weighted by Gasteiger charge is 2.38. The molecule has 0 atom stereocenters. The molecule has 1 amide bonds. The van der Waals surface area contributed by atoms with Crippen molar-refractivity contribution in [3.8, 4) is 5.75 Å². The highest BCUT2D eigenvalue weighted by molar-refractivity contribution is 5.77. The molecule has 0 N–H and O–H groups in total. The summed E-state index contributed by atoms with van der Waals surface area (Å²) in [6.45, 7) is 4.57. The molecule has 6 nitrogen and oxygen atoms in total. The standard InChI is InChI=1S/C22H29N3O3/c1-27-20-7-3-2-6-19(20)23-12-14-24(15-13-23)21(26)18-22(8-16-28-17-9-22)25-10-4-5-11-25/h2-7,10-11H,8-9,12-18H2,1H3. The van der Waals surface area contributed by atoms with E-state index in [-0.39, 0.29) is 11.4 Å². The summed E-state index contributed by atoms with van der Waals surface area (Å²) in [5.74, 6) is 1.13. The lowest BCUT2D eigenvalue weighted by Gasteiger charge is -2.41.